The summed E-state index contributed by atoms with van der Waals surface area (Å²) in [5.41, 5.74) is 1.66. The fourth-order valence-electron chi connectivity index (χ4n) is 4.07. The predicted molar refractivity (Wildman–Crippen MR) is 137 cm³/mol. The topological polar surface area (TPSA) is 93.6 Å². The number of aromatic amines is 1. The Morgan fingerprint density at radius 1 is 0.842 bits per heavy atom. The minimum Gasteiger partial charge on any atom is -0.488 e. The van der Waals surface area contributed by atoms with Crippen LogP contribution in [0, 0.1) is 13.8 Å². The van der Waals surface area contributed by atoms with Gasteiger partial charge in [0.25, 0.3) is 5.43 Å². The van der Waals surface area contributed by atoms with Gasteiger partial charge in [0.05, 0.1) is 18.0 Å². The Balaban J connectivity index is 1.60. The van der Waals surface area contributed by atoms with Crippen molar-refractivity contribution < 1.29 is 17.9 Å². The molecule has 7 nitrogen and oxygen atoms in total. The van der Waals surface area contributed by atoms with Crippen molar-refractivity contribution in [2.75, 3.05) is 6.61 Å². The highest BCUT2D eigenvalue weighted by Gasteiger charge is 2.33. The van der Waals surface area contributed by atoms with E-state index in [0.717, 1.165) is 17.5 Å². The molecule has 0 saturated carbocycles. The van der Waals surface area contributed by atoms with Crippen molar-refractivity contribution in [3.63, 3.8) is 0 Å². The van der Waals surface area contributed by atoms with E-state index in [4.69, 9.17) is 4.74 Å². The van der Waals surface area contributed by atoms with Crippen molar-refractivity contribution >= 4 is 11.2 Å². The number of halogens is 3. The number of ether oxygens (including phenoxy) is 1. The van der Waals surface area contributed by atoms with Crippen molar-refractivity contribution in [2.24, 2.45) is 0 Å². The number of alkyl halides is 3. The van der Waals surface area contributed by atoms with E-state index in [-0.39, 0.29) is 40.5 Å². The third-order valence-corrected chi connectivity index (χ3v) is 5.80. The SMILES string of the molecule is Cc1cccc(CCOc2c[nH]c3nc(-c4ccccc4)c(-c4cc(C)nc(C(F)(F)F)c4)nc3c2=O)n1. The second kappa shape index (κ2) is 10.0. The van der Waals surface area contributed by atoms with Gasteiger partial charge in [-0.3, -0.25) is 9.78 Å². The zero-order valence-electron chi connectivity index (χ0n) is 20.5. The minimum absolute atomic E-state index is 0.0275. The number of hydrogen-bond donors (Lipinski definition) is 1. The maximum Gasteiger partial charge on any atom is 0.433 e. The summed E-state index contributed by atoms with van der Waals surface area (Å²) in [5, 5.41) is 0. The standard InChI is InChI=1S/C28H22F3N5O2/c1-16-7-6-10-20(33-16)11-12-38-21-15-32-27-25(26(21)37)35-24(23(36-27)18-8-4-3-5-9-18)19-13-17(2)34-22(14-19)28(29,30)31/h3-10,13-15H,11-12H2,1-2H3,(H,32,36,37). The molecule has 0 bridgehead atoms. The van der Waals surface area contributed by atoms with Gasteiger partial charge in [0.2, 0.25) is 0 Å². The molecule has 1 aromatic carbocycles. The van der Waals surface area contributed by atoms with E-state index in [2.05, 4.69) is 24.9 Å². The molecule has 5 aromatic rings. The van der Waals surface area contributed by atoms with Gasteiger partial charge in [-0.25, -0.2) is 15.0 Å². The molecule has 0 atom stereocenters. The number of H-pyrrole nitrogens is 1. The molecule has 4 heterocycles. The zero-order valence-corrected chi connectivity index (χ0v) is 20.5. The number of hydrogen-bond acceptors (Lipinski definition) is 6. The number of aromatic nitrogens is 5. The van der Waals surface area contributed by atoms with Gasteiger partial charge in [-0.2, -0.15) is 13.2 Å². The highest BCUT2D eigenvalue weighted by atomic mass is 19.4. The molecule has 38 heavy (non-hydrogen) atoms. The molecule has 0 radical (unpaired) electrons. The van der Waals surface area contributed by atoms with E-state index < -0.39 is 17.3 Å². The van der Waals surface area contributed by atoms with Crippen LogP contribution in [0.2, 0.25) is 0 Å². The molecule has 0 fully saturated rings. The molecule has 192 valence electrons. The Bertz CT molecular complexity index is 1680. The molecule has 0 aliphatic carbocycles. The first-order chi connectivity index (χ1) is 18.2. The van der Waals surface area contributed by atoms with E-state index in [1.807, 2.05) is 31.2 Å². The normalized spacial score (nSPS) is 11.6. The Morgan fingerprint density at radius 3 is 2.34 bits per heavy atom. The molecule has 0 saturated heterocycles. The number of nitrogens with zero attached hydrogens (tertiary/aromatic N) is 4. The molecule has 0 unspecified atom stereocenters. The number of aryl methyl sites for hydroxylation is 2. The maximum absolute atomic E-state index is 13.5. The maximum atomic E-state index is 13.5. The number of nitrogens with one attached hydrogen (secondary N) is 1. The molecular formula is C28H22F3N5O2. The van der Waals surface area contributed by atoms with Crippen LogP contribution in [0.3, 0.4) is 0 Å². The van der Waals surface area contributed by atoms with Crippen molar-refractivity contribution in [1.29, 1.82) is 0 Å². The van der Waals surface area contributed by atoms with Gasteiger partial charge in [-0.05, 0) is 38.1 Å². The Kier molecular flexibility index (Phi) is 6.62. The fraction of sp³-hybridized carbons (Fsp3) is 0.179. The van der Waals surface area contributed by atoms with Crippen LogP contribution in [-0.4, -0.2) is 31.5 Å². The minimum atomic E-state index is -4.65. The van der Waals surface area contributed by atoms with E-state index in [1.165, 1.54) is 19.2 Å². The first kappa shape index (κ1) is 25.1. The fourth-order valence-corrected chi connectivity index (χ4v) is 4.07. The van der Waals surface area contributed by atoms with Crippen LogP contribution in [0.25, 0.3) is 33.7 Å². The van der Waals surface area contributed by atoms with Crippen LogP contribution in [0.1, 0.15) is 22.8 Å². The molecule has 0 aliphatic rings. The van der Waals surface area contributed by atoms with E-state index in [9.17, 15) is 18.0 Å². The van der Waals surface area contributed by atoms with Crippen LogP contribution in [0.4, 0.5) is 13.2 Å². The first-order valence-corrected chi connectivity index (χ1v) is 11.8. The lowest BCUT2D eigenvalue weighted by Gasteiger charge is -2.13. The molecule has 0 aliphatic heterocycles. The number of pyridine rings is 3. The molecule has 5 rings (SSSR count). The van der Waals surface area contributed by atoms with E-state index in [1.54, 1.807) is 24.3 Å². The third kappa shape index (κ3) is 5.24. The van der Waals surface area contributed by atoms with Gasteiger partial charge in [-0.15, -0.1) is 0 Å². The summed E-state index contributed by atoms with van der Waals surface area (Å²) in [6.07, 6.45) is -2.75. The smallest absolute Gasteiger partial charge is 0.433 e. The zero-order chi connectivity index (χ0) is 26.9. The van der Waals surface area contributed by atoms with E-state index >= 15 is 0 Å². The van der Waals surface area contributed by atoms with Gasteiger partial charge in [0.15, 0.2) is 16.9 Å². The lowest BCUT2D eigenvalue weighted by Crippen LogP contribution is -2.14. The molecule has 0 spiro atoms. The molecule has 0 amide bonds. The van der Waals surface area contributed by atoms with Crippen molar-refractivity contribution in [3.8, 4) is 28.3 Å². The monoisotopic (exact) mass is 517 g/mol. The lowest BCUT2D eigenvalue weighted by atomic mass is 10.0. The Morgan fingerprint density at radius 2 is 1.61 bits per heavy atom. The third-order valence-electron chi connectivity index (χ3n) is 5.80. The number of fused-ring (bicyclic) bond motifs is 1. The van der Waals surface area contributed by atoms with Crippen molar-refractivity contribution in [1.82, 2.24) is 24.9 Å². The van der Waals surface area contributed by atoms with Crippen LogP contribution >= 0.6 is 0 Å². The molecular weight excluding hydrogens is 495 g/mol. The molecule has 10 heteroatoms. The van der Waals surface area contributed by atoms with Crippen LogP contribution in [0.5, 0.6) is 5.75 Å². The average molecular weight is 518 g/mol. The van der Waals surface area contributed by atoms with Crippen LogP contribution < -0.4 is 10.2 Å². The highest BCUT2D eigenvalue weighted by molar-refractivity contribution is 5.85. The van der Waals surface area contributed by atoms with Gasteiger partial charge in [0.1, 0.15) is 5.69 Å². The quantitative estimate of drug-likeness (QED) is 0.311. The summed E-state index contributed by atoms with van der Waals surface area (Å²) >= 11 is 0. The van der Waals surface area contributed by atoms with Gasteiger partial charge >= 0.3 is 6.18 Å². The average Bonchev–Trinajstić information content (AvgIpc) is 2.89. The summed E-state index contributed by atoms with van der Waals surface area (Å²) < 4.78 is 46.4. The van der Waals surface area contributed by atoms with Gasteiger partial charge in [-0.1, -0.05) is 36.4 Å². The molecule has 4 aromatic heterocycles. The van der Waals surface area contributed by atoms with Crippen molar-refractivity contribution in [2.45, 2.75) is 26.4 Å². The number of rotatable bonds is 6. The number of benzene rings is 1. The summed E-state index contributed by atoms with van der Waals surface area (Å²) in [6, 6.07) is 17.0. The Labute approximate surface area is 215 Å². The lowest BCUT2D eigenvalue weighted by molar-refractivity contribution is -0.141. The van der Waals surface area contributed by atoms with E-state index in [0.29, 0.717) is 17.7 Å². The highest BCUT2D eigenvalue weighted by Crippen LogP contribution is 2.34. The summed E-state index contributed by atoms with van der Waals surface area (Å²) in [5.74, 6) is 0.0275. The van der Waals surface area contributed by atoms with Gasteiger partial charge in [0, 0.05) is 40.8 Å². The van der Waals surface area contributed by atoms with Crippen molar-refractivity contribution in [3.05, 3.63) is 99.9 Å². The van der Waals surface area contributed by atoms with Gasteiger partial charge < -0.3 is 9.72 Å². The summed E-state index contributed by atoms with van der Waals surface area (Å²) in [4.78, 5) is 33.4. The van der Waals surface area contributed by atoms with Crippen LogP contribution in [-0.2, 0) is 12.6 Å². The second-order valence-electron chi connectivity index (χ2n) is 8.72. The summed E-state index contributed by atoms with van der Waals surface area (Å²) in [7, 11) is 0. The second-order valence-corrected chi connectivity index (χ2v) is 8.72. The summed E-state index contributed by atoms with van der Waals surface area (Å²) in [6.45, 7) is 3.56. The first-order valence-electron chi connectivity index (χ1n) is 11.8. The molecule has 1 N–H and O–H groups in total. The predicted octanol–water partition coefficient (Wildman–Crippen LogP) is 5.70. The van der Waals surface area contributed by atoms with Crippen LogP contribution in [0.15, 0.2) is 71.7 Å². The largest absolute Gasteiger partial charge is 0.488 e. The Hall–Kier alpha value is -4.60.